The number of rotatable bonds is 5. The predicted octanol–water partition coefficient (Wildman–Crippen LogP) is 0.856. The molecule has 0 radical (unpaired) electrons. The van der Waals surface area contributed by atoms with Gasteiger partial charge in [-0.25, -0.2) is 0 Å². The first-order valence-corrected chi connectivity index (χ1v) is 7.56. The van der Waals surface area contributed by atoms with Gasteiger partial charge in [0, 0.05) is 0 Å². The summed E-state index contributed by atoms with van der Waals surface area (Å²) in [7, 11) is 0. The van der Waals surface area contributed by atoms with Crippen LogP contribution in [0.3, 0.4) is 0 Å². The first-order valence-electron chi connectivity index (χ1n) is 3.80. The Bertz CT molecular complexity index is 160. The Morgan fingerprint density at radius 2 is 1.42 bits per heavy atom. The summed E-state index contributed by atoms with van der Waals surface area (Å²) in [6.07, 6.45) is -2.16. The molecule has 0 aromatic carbocycles. The molecule has 12 heavy (non-hydrogen) atoms. The molecule has 0 saturated carbocycles. The van der Waals surface area contributed by atoms with Crippen LogP contribution in [0.1, 0.15) is 27.7 Å². The van der Waals surface area contributed by atoms with Crippen molar-refractivity contribution in [2.24, 2.45) is 0 Å². The van der Waals surface area contributed by atoms with Gasteiger partial charge in [0.25, 0.3) is 0 Å². The van der Waals surface area contributed by atoms with Gasteiger partial charge in [0.05, 0.1) is 0 Å². The van der Waals surface area contributed by atoms with Crippen LogP contribution in [0.5, 0.6) is 0 Å². The Morgan fingerprint density at radius 1 is 1.08 bits per heavy atom. The molecule has 0 aliphatic carbocycles. The summed E-state index contributed by atoms with van der Waals surface area (Å²) in [6, 6.07) is 0. The van der Waals surface area contributed by atoms with Gasteiger partial charge >= 0.3 is 80.8 Å². The van der Waals surface area contributed by atoms with Crippen molar-refractivity contribution in [2.45, 2.75) is 39.9 Å². The zero-order valence-corrected chi connectivity index (χ0v) is 10.5. The van der Waals surface area contributed by atoms with E-state index in [2.05, 4.69) is 21.0 Å². The number of quaternary nitrogens is 1. The maximum absolute atomic E-state index is 5.45. The van der Waals surface area contributed by atoms with E-state index >= 15 is 0 Å². The first-order chi connectivity index (χ1) is 5.39. The normalized spacial score (nSPS) is 12.9. The van der Waals surface area contributed by atoms with Crippen LogP contribution in [0.4, 0.5) is 0 Å². The van der Waals surface area contributed by atoms with E-state index in [1.54, 1.807) is 0 Å². The monoisotopic (exact) mass is 262 g/mol. The fourth-order valence-electron chi connectivity index (χ4n) is 0.602. The molecule has 0 heterocycles. The van der Waals surface area contributed by atoms with Crippen LogP contribution < -0.4 is 5.90 Å². The van der Waals surface area contributed by atoms with Crippen LogP contribution in [0, 0.1) is 0 Å². The van der Waals surface area contributed by atoms with Crippen LogP contribution >= 0.6 is 6.19 Å². The van der Waals surface area contributed by atoms with Crippen molar-refractivity contribution in [1.82, 2.24) is 0 Å². The predicted molar refractivity (Wildman–Crippen MR) is 49.1 cm³/mol. The Morgan fingerprint density at radius 3 is 1.58 bits per heavy atom. The Hall–Kier alpha value is 0.789. The molecule has 0 atom stereocenters. The van der Waals surface area contributed by atoms with Gasteiger partial charge in [-0.2, -0.15) is 0 Å². The van der Waals surface area contributed by atoms with Gasteiger partial charge in [0.2, 0.25) is 0 Å². The van der Waals surface area contributed by atoms with Crippen molar-refractivity contribution in [3.05, 3.63) is 0 Å². The molecule has 0 aliphatic heterocycles. The Kier molecular flexibility index (Phi) is 5.87. The molecule has 0 saturated heterocycles. The molecule has 0 aromatic heterocycles. The quantitative estimate of drug-likeness (QED) is 0.453. The molecular formula is C6H17NO3PSe+. The fourth-order valence-corrected chi connectivity index (χ4v) is 3.97. The van der Waals surface area contributed by atoms with E-state index in [-0.39, 0.29) is 12.2 Å². The standard InChI is InChI=1S/C6H17NO3PSe/c1-5(2)8-11(12,10-7)9-6(3)4/h5-6H,1-4,7H3/q+1. The molecular weight excluding hydrogens is 244 g/mol. The minimum absolute atomic E-state index is 0.0695. The van der Waals surface area contributed by atoms with Gasteiger partial charge in [0.15, 0.2) is 0 Å². The second-order valence-electron chi connectivity index (χ2n) is 2.88. The summed E-state index contributed by atoms with van der Waals surface area (Å²) in [5, 5.41) is 0. The molecule has 0 aliphatic rings. The summed E-state index contributed by atoms with van der Waals surface area (Å²) in [5.74, 6) is 3.33. The van der Waals surface area contributed by atoms with Crippen molar-refractivity contribution >= 4 is 21.3 Å². The van der Waals surface area contributed by atoms with E-state index in [4.69, 9.17) is 13.7 Å². The number of hydrogen-bond donors (Lipinski definition) is 1. The van der Waals surface area contributed by atoms with Gasteiger partial charge in [-0.15, -0.1) is 0 Å². The van der Waals surface area contributed by atoms with Crippen LogP contribution in [0.15, 0.2) is 0 Å². The second-order valence-corrected chi connectivity index (χ2v) is 7.27. The molecule has 0 spiro atoms. The molecule has 0 aromatic rings. The SMILES string of the molecule is CC(C)OP(=[Se])(O[NH3+])OC(C)C. The molecule has 74 valence electrons. The second kappa shape index (κ2) is 5.51. The third kappa shape index (κ3) is 5.44. The topological polar surface area (TPSA) is 55.3 Å². The zero-order chi connectivity index (χ0) is 9.78. The van der Waals surface area contributed by atoms with Crippen LogP contribution in [-0.4, -0.2) is 27.3 Å². The summed E-state index contributed by atoms with van der Waals surface area (Å²) in [6.45, 7) is 7.70. The third-order valence-electron chi connectivity index (χ3n) is 0.838. The van der Waals surface area contributed by atoms with Crippen molar-refractivity contribution < 1.29 is 19.6 Å². The molecule has 0 fully saturated rings. The summed E-state index contributed by atoms with van der Waals surface area (Å²) in [4.78, 5) is 0. The molecule has 0 amide bonds. The van der Waals surface area contributed by atoms with Gasteiger partial charge < -0.3 is 0 Å². The molecule has 0 bridgehead atoms. The molecule has 6 heteroatoms. The van der Waals surface area contributed by atoms with E-state index < -0.39 is 6.19 Å². The third-order valence-corrected chi connectivity index (χ3v) is 4.26. The minimum atomic E-state index is -2.30. The van der Waals surface area contributed by atoms with Gasteiger partial charge in [-0.1, -0.05) is 0 Å². The van der Waals surface area contributed by atoms with Gasteiger partial charge in [-0.3, -0.25) is 0 Å². The van der Waals surface area contributed by atoms with E-state index in [1.807, 2.05) is 27.7 Å². The van der Waals surface area contributed by atoms with E-state index in [9.17, 15) is 0 Å². The summed E-state index contributed by atoms with van der Waals surface area (Å²) >= 11 is 2.78. The van der Waals surface area contributed by atoms with Crippen LogP contribution in [0.25, 0.3) is 0 Å². The van der Waals surface area contributed by atoms with Gasteiger partial charge in [0.1, 0.15) is 0 Å². The number of hydrogen-bond acceptors (Lipinski definition) is 3. The summed E-state index contributed by atoms with van der Waals surface area (Å²) in [5.41, 5.74) is 0. The molecule has 0 unspecified atom stereocenters. The van der Waals surface area contributed by atoms with E-state index in [1.165, 1.54) is 0 Å². The maximum atomic E-state index is 5.45. The van der Waals surface area contributed by atoms with Crippen molar-refractivity contribution in [3.63, 3.8) is 0 Å². The van der Waals surface area contributed by atoms with E-state index in [0.717, 1.165) is 0 Å². The van der Waals surface area contributed by atoms with E-state index in [0.29, 0.717) is 0 Å². The molecule has 4 nitrogen and oxygen atoms in total. The average molecular weight is 261 g/mol. The van der Waals surface area contributed by atoms with Crippen molar-refractivity contribution in [2.75, 3.05) is 0 Å². The van der Waals surface area contributed by atoms with Crippen molar-refractivity contribution in [1.29, 1.82) is 0 Å². The average Bonchev–Trinajstić information content (AvgIpc) is 1.83. The van der Waals surface area contributed by atoms with Crippen molar-refractivity contribution in [3.8, 4) is 0 Å². The Labute approximate surface area is 81.2 Å². The summed E-state index contributed by atoms with van der Waals surface area (Å²) < 4.78 is 15.8. The first kappa shape index (κ1) is 12.8. The Balaban J connectivity index is 4.15. The van der Waals surface area contributed by atoms with Crippen LogP contribution in [0.2, 0.25) is 0 Å². The zero-order valence-electron chi connectivity index (χ0n) is 7.94. The van der Waals surface area contributed by atoms with Crippen LogP contribution in [-0.2, 0) is 13.7 Å². The molecule has 0 rings (SSSR count). The fraction of sp³-hybridized carbons (Fsp3) is 1.00. The molecule has 3 N–H and O–H groups in total. The van der Waals surface area contributed by atoms with Gasteiger partial charge in [-0.05, 0) is 0 Å².